The number of rotatable bonds is 3. The van der Waals surface area contributed by atoms with Crippen LogP contribution < -0.4 is 10.6 Å². The van der Waals surface area contributed by atoms with Gasteiger partial charge in [0, 0.05) is 16.0 Å². The number of thiophene rings is 1. The third-order valence-corrected chi connectivity index (χ3v) is 6.21. The van der Waals surface area contributed by atoms with Crippen molar-refractivity contribution in [2.75, 3.05) is 10.6 Å². The van der Waals surface area contributed by atoms with Crippen molar-refractivity contribution in [3.05, 3.63) is 45.8 Å². The van der Waals surface area contributed by atoms with Gasteiger partial charge in [-0.1, -0.05) is 45.9 Å². The number of benzene rings is 1. The van der Waals surface area contributed by atoms with Crippen molar-refractivity contribution in [3.8, 4) is 0 Å². The normalized spacial score (nSPS) is 16.6. The molecule has 0 saturated heterocycles. The number of para-hydroxylation sites is 1. The molecule has 5 heteroatoms. The molecule has 1 aliphatic rings. The van der Waals surface area contributed by atoms with Crippen LogP contribution in [0.2, 0.25) is 0 Å². The molecule has 0 radical (unpaired) electrons. The van der Waals surface area contributed by atoms with Crippen molar-refractivity contribution in [1.82, 2.24) is 0 Å². The number of fused-ring (bicyclic) bond motifs is 1. The maximum Gasteiger partial charge on any atom is 0.258 e. The number of carbonyl (C=O) groups excluding carboxylic acids is 2. The van der Waals surface area contributed by atoms with Crippen molar-refractivity contribution in [2.24, 2.45) is 11.3 Å². The smallest absolute Gasteiger partial charge is 0.258 e. The first kappa shape index (κ1) is 19.6. The van der Waals surface area contributed by atoms with Crippen molar-refractivity contribution in [1.29, 1.82) is 0 Å². The molecule has 1 aliphatic carbocycles. The predicted octanol–water partition coefficient (Wildman–Crippen LogP) is 5.42. The first-order valence-electron chi connectivity index (χ1n) is 9.49. The molecule has 1 atom stereocenters. The molecule has 4 nitrogen and oxygen atoms in total. The molecule has 27 heavy (non-hydrogen) atoms. The Morgan fingerprint density at radius 2 is 1.85 bits per heavy atom. The van der Waals surface area contributed by atoms with E-state index < -0.39 is 5.41 Å². The van der Waals surface area contributed by atoms with E-state index in [1.165, 1.54) is 4.88 Å². The fourth-order valence-electron chi connectivity index (χ4n) is 3.27. The Labute approximate surface area is 165 Å². The first-order valence-corrected chi connectivity index (χ1v) is 10.3. The minimum atomic E-state index is -0.512. The molecule has 144 valence electrons. The van der Waals surface area contributed by atoms with E-state index in [9.17, 15) is 9.59 Å². The molecule has 0 unspecified atom stereocenters. The van der Waals surface area contributed by atoms with Crippen molar-refractivity contribution < 1.29 is 9.59 Å². The van der Waals surface area contributed by atoms with Gasteiger partial charge < -0.3 is 10.6 Å². The average molecular weight is 385 g/mol. The zero-order chi connectivity index (χ0) is 19.8. The molecule has 2 N–H and O–H groups in total. The van der Waals surface area contributed by atoms with Crippen molar-refractivity contribution >= 4 is 33.8 Å². The number of amides is 2. The standard InChI is InChI=1S/C22H28N2O2S/c1-13-10-11-15-17(12-13)27-20(24-21(26)22(3,4)5)18(15)19(25)23-16-9-7-6-8-14(16)2/h6-9,13H,10-12H2,1-5H3,(H,23,25)(H,24,26)/t13-/m1/s1. The van der Waals surface area contributed by atoms with E-state index >= 15 is 0 Å². The van der Waals surface area contributed by atoms with E-state index in [-0.39, 0.29) is 11.8 Å². The lowest BCUT2D eigenvalue weighted by Crippen LogP contribution is -2.28. The van der Waals surface area contributed by atoms with Gasteiger partial charge in [-0.3, -0.25) is 9.59 Å². The van der Waals surface area contributed by atoms with Gasteiger partial charge in [-0.15, -0.1) is 11.3 Å². The average Bonchev–Trinajstić information content (AvgIpc) is 2.93. The molecule has 0 aliphatic heterocycles. The monoisotopic (exact) mass is 384 g/mol. The Morgan fingerprint density at radius 1 is 1.15 bits per heavy atom. The van der Waals surface area contributed by atoms with Gasteiger partial charge in [0.1, 0.15) is 5.00 Å². The number of hydrogen-bond donors (Lipinski definition) is 2. The number of carbonyl (C=O) groups is 2. The minimum absolute atomic E-state index is 0.0703. The Balaban J connectivity index is 1.98. The van der Waals surface area contributed by atoms with Crippen LogP contribution in [-0.4, -0.2) is 11.8 Å². The Kier molecular flexibility index (Phi) is 5.43. The Hall–Kier alpha value is -2.14. The highest BCUT2D eigenvalue weighted by Crippen LogP contribution is 2.40. The predicted molar refractivity (Wildman–Crippen MR) is 113 cm³/mol. The maximum absolute atomic E-state index is 13.2. The van der Waals surface area contributed by atoms with Crippen LogP contribution in [0.3, 0.4) is 0 Å². The molecule has 0 fully saturated rings. The van der Waals surface area contributed by atoms with E-state index in [0.717, 1.165) is 36.1 Å². The molecular formula is C22H28N2O2S. The highest BCUT2D eigenvalue weighted by molar-refractivity contribution is 7.17. The SMILES string of the molecule is Cc1ccccc1NC(=O)c1c(NC(=O)C(C)(C)C)sc2c1CC[C@@H](C)C2. The van der Waals surface area contributed by atoms with Gasteiger partial charge >= 0.3 is 0 Å². The molecule has 0 saturated carbocycles. The summed E-state index contributed by atoms with van der Waals surface area (Å²) in [5.41, 5.74) is 3.06. The fourth-order valence-corrected chi connectivity index (χ4v) is 4.67. The van der Waals surface area contributed by atoms with E-state index in [4.69, 9.17) is 0 Å². The Morgan fingerprint density at radius 3 is 2.52 bits per heavy atom. The van der Waals surface area contributed by atoms with Crippen LogP contribution in [0, 0.1) is 18.3 Å². The number of anilines is 2. The van der Waals surface area contributed by atoms with Gasteiger partial charge in [0.25, 0.3) is 5.91 Å². The van der Waals surface area contributed by atoms with Gasteiger partial charge in [0.05, 0.1) is 5.56 Å². The van der Waals surface area contributed by atoms with Crippen LogP contribution in [0.5, 0.6) is 0 Å². The molecular weight excluding hydrogens is 356 g/mol. The van der Waals surface area contributed by atoms with Crippen LogP contribution in [0.1, 0.15) is 60.5 Å². The molecule has 1 aromatic carbocycles. The summed E-state index contributed by atoms with van der Waals surface area (Å²) in [5.74, 6) is 0.397. The van der Waals surface area contributed by atoms with Gasteiger partial charge in [0.15, 0.2) is 0 Å². The second-order valence-corrected chi connectivity index (χ2v) is 9.63. The van der Waals surface area contributed by atoms with Crippen LogP contribution in [0.15, 0.2) is 24.3 Å². The summed E-state index contributed by atoms with van der Waals surface area (Å²) in [4.78, 5) is 27.0. The lowest BCUT2D eigenvalue weighted by Gasteiger charge is -2.19. The third-order valence-electron chi connectivity index (χ3n) is 5.04. The molecule has 1 aromatic heterocycles. The zero-order valence-electron chi connectivity index (χ0n) is 16.7. The van der Waals surface area contributed by atoms with E-state index in [1.807, 2.05) is 52.0 Å². The van der Waals surface area contributed by atoms with Crippen molar-refractivity contribution in [2.45, 2.75) is 53.9 Å². The molecule has 0 spiro atoms. The quantitative estimate of drug-likeness (QED) is 0.742. The van der Waals surface area contributed by atoms with Crippen LogP contribution in [0.25, 0.3) is 0 Å². The summed E-state index contributed by atoms with van der Waals surface area (Å²) < 4.78 is 0. The van der Waals surface area contributed by atoms with E-state index in [2.05, 4.69) is 17.6 Å². The van der Waals surface area contributed by atoms with Gasteiger partial charge in [-0.05, 0) is 49.3 Å². The lowest BCUT2D eigenvalue weighted by atomic mass is 9.88. The second-order valence-electron chi connectivity index (χ2n) is 8.53. The van der Waals surface area contributed by atoms with Crippen LogP contribution >= 0.6 is 11.3 Å². The van der Waals surface area contributed by atoms with Gasteiger partial charge in [0.2, 0.25) is 5.91 Å². The highest BCUT2D eigenvalue weighted by Gasteiger charge is 2.30. The molecule has 2 amide bonds. The maximum atomic E-state index is 13.2. The van der Waals surface area contributed by atoms with Gasteiger partial charge in [-0.2, -0.15) is 0 Å². The summed E-state index contributed by atoms with van der Waals surface area (Å²) >= 11 is 1.56. The molecule has 0 bridgehead atoms. The molecule has 1 heterocycles. The summed E-state index contributed by atoms with van der Waals surface area (Å²) in [6.45, 7) is 9.85. The van der Waals surface area contributed by atoms with Crippen molar-refractivity contribution in [3.63, 3.8) is 0 Å². The summed E-state index contributed by atoms with van der Waals surface area (Å²) in [6.07, 6.45) is 2.92. The molecule has 2 aromatic rings. The second kappa shape index (κ2) is 7.47. The topological polar surface area (TPSA) is 58.2 Å². The zero-order valence-corrected chi connectivity index (χ0v) is 17.5. The van der Waals surface area contributed by atoms with E-state index in [1.54, 1.807) is 11.3 Å². The Bertz CT molecular complexity index is 877. The first-order chi connectivity index (χ1) is 12.7. The largest absolute Gasteiger partial charge is 0.322 e. The summed E-state index contributed by atoms with van der Waals surface area (Å²) in [6, 6.07) is 7.74. The van der Waals surface area contributed by atoms with Gasteiger partial charge in [-0.25, -0.2) is 0 Å². The number of hydrogen-bond acceptors (Lipinski definition) is 3. The summed E-state index contributed by atoms with van der Waals surface area (Å²) in [7, 11) is 0. The van der Waals surface area contributed by atoms with E-state index in [0.29, 0.717) is 16.5 Å². The lowest BCUT2D eigenvalue weighted by molar-refractivity contribution is -0.123. The van der Waals surface area contributed by atoms with Crippen LogP contribution in [0.4, 0.5) is 10.7 Å². The minimum Gasteiger partial charge on any atom is -0.322 e. The van der Waals surface area contributed by atoms with Crippen LogP contribution in [-0.2, 0) is 17.6 Å². The summed E-state index contributed by atoms with van der Waals surface area (Å²) in [5, 5.41) is 6.75. The number of aryl methyl sites for hydroxylation is 1. The fraction of sp³-hybridized carbons (Fsp3) is 0.455. The highest BCUT2D eigenvalue weighted by atomic mass is 32.1. The third kappa shape index (κ3) is 4.24. The number of nitrogens with one attached hydrogen (secondary N) is 2. The molecule has 3 rings (SSSR count).